The van der Waals surface area contributed by atoms with E-state index in [1.165, 1.54) is 6.07 Å². The highest BCUT2D eigenvalue weighted by Crippen LogP contribution is 2.44. The monoisotopic (exact) mass is 460 g/mol. The lowest BCUT2D eigenvalue weighted by molar-refractivity contribution is -0.121. The number of fused-ring (bicyclic) bond motifs is 2. The largest absolute Gasteiger partial charge is 0.501 e. The molecule has 0 spiro atoms. The van der Waals surface area contributed by atoms with Crippen LogP contribution >= 0.6 is 0 Å². The van der Waals surface area contributed by atoms with Gasteiger partial charge in [0.05, 0.1) is 16.9 Å². The van der Waals surface area contributed by atoms with Gasteiger partial charge < -0.3 is 15.4 Å². The number of alkyl halides is 3. The fraction of sp³-hybridized carbons (Fsp3) is 0.500. The van der Waals surface area contributed by atoms with Gasteiger partial charge in [0.2, 0.25) is 5.91 Å². The number of benzene rings is 1. The second-order valence-electron chi connectivity index (χ2n) is 8.61. The second kappa shape index (κ2) is 7.85. The highest BCUT2D eigenvalue weighted by Gasteiger charge is 2.49. The lowest BCUT2D eigenvalue weighted by Gasteiger charge is -2.29. The van der Waals surface area contributed by atoms with Crippen molar-refractivity contribution >= 4 is 27.5 Å². The van der Waals surface area contributed by atoms with Crippen molar-refractivity contribution in [3.8, 4) is 0 Å². The maximum absolute atomic E-state index is 12.9. The van der Waals surface area contributed by atoms with E-state index in [0.29, 0.717) is 6.42 Å². The minimum Gasteiger partial charge on any atom is -0.444 e. The molecule has 1 aromatic carbocycles. The van der Waals surface area contributed by atoms with Gasteiger partial charge in [-0.25, -0.2) is 13.2 Å². The molecule has 0 aliphatic heterocycles. The van der Waals surface area contributed by atoms with E-state index >= 15 is 0 Å². The van der Waals surface area contributed by atoms with Crippen LogP contribution < -0.4 is 10.6 Å². The number of sulfone groups is 1. The Morgan fingerprint density at radius 2 is 1.74 bits per heavy atom. The Morgan fingerprint density at radius 3 is 2.35 bits per heavy atom. The normalized spacial score (nSPS) is 25.4. The molecule has 3 rings (SSSR count). The first kappa shape index (κ1) is 23.1. The highest BCUT2D eigenvalue weighted by molar-refractivity contribution is 7.92. The van der Waals surface area contributed by atoms with Crippen molar-refractivity contribution < 1.29 is 35.9 Å². The molecule has 7 nitrogen and oxygen atoms in total. The minimum atomic E-state index is -5.54. The van der Waals surface area contributed by atoms with Gasteiger partial charge in [-0.15, -0.1) is 0 Å². The van der Waals surface area contributed by atoms with Crippen LogP contribution in [-0.2, 0) is 19.4 Å². The maximum atomic E-state index is 12.9. The average Bonchev–Trinajstić information content (AvgIpc) is 3.20. The molecule has 170 valence electrons. The highest BCUT2D eigenvalue weighted by atomic mass is 32.2. The van der Waals surface area contributed by atoms with E-state index in [9.17, 15) is 31.2 Å². The van der Waals surface area contributed by atoms with E-state index < -0.39 is 49.8 Å². The van der Waals surface area contributed by atoms with Crippen molar-refractivity contribution in [1.29, 1.82) is 0 Å². The summed E-state index contributed by atoms with van der Waals surface area (Å²) in [5, 5.41) is 5.21. The van der Waals surface area contributed by atoms with E-state index in [1.807, 2.05) is 12.2 Å². The SMILES string of the molecule is CC(C)(C)OC(=O)N[C@H]1[C@@H](C(=O)Nc2cccc(S(=O)(=O)C(F)(F)F)c2)[C@@H]2C=C[C@H]1C2. The van der Waals surface area contributed by atoms with Crippen molar-refractivity contribution in [2.24, 2.45) is 17.8 Å². The average molecular weight is 460 g/mol. The van der Waals surface area contributed by atoms with Crippen molar-refractivity contribution in [2.45, 2.75) is 49.2 Å². The predicted octanol–water partition coefficient (Wildman–Crippen LogP) is 3.63. The van der Waals surface area contributed by atoms with Gasteiger partial charge >= 0.3 is 11.6 Å². The van der Waals surface area contributed by atoms with Gasteiger partial charge in [0.1, 0.15) is 5.60 Å². The van der Waals surface area contributed by atoms with E-state index in [1.54, 1.807) is 20.8 Å². The standard InChI is InChI=1S/C20H23F3N2O5S/c1-19(2,3)30-18(27)25-16-12-8-7-11(9-12)15(16)17(26)24-13-5-4-6-14(10-13)31(28,29)20(21,22)23/h4-8,10-12,15-16H,9H2,1-3H3,(H,24,26)(H,25,27)/t11-,12+,15+,16-/m1/s1. The van der Waals surface area contributed by atoms with Crippen LogP contribution in [0.5, 0.6) is 0 Å². The van der Waals surface area contributed by atoms with E-state index in [0.717, 1.165) is 18.2 Å². The van der Waals surface area contributed by atoms with Crippen LogP contribution in [0.4, 0.5) is 23.7 Å². The third kappa shape index (κ3) is 4.86. The van der Waals surface area contributed by atoms with Crippen LogP contribution in [-0.4, -0.2) is 37.6 Å². The molecule has 2 bridgehead atoms. The van der Waals surface area contributed by atoms with E-state index in [-0.39, 0.29) is 17.5 Å². The molecule has 4 atom stereocenters. The number of ether oxygens (including phenoxy) is 1. The summed E-state index contributed by atoms with van der Waals surface area (Å²) >= 11 is 0. The molecule has 1 fully saturated rings. The topological polar surface area (TPSA) is 102 Å². The summed E-state index contributed by atoms with van der Waals surface area (Å²) in [5.74, 6) is -1.44. The van der Waals surface area contributed by atoms with Gasteiger partial charge in [-0.2, -0.15) is 13.2 Å². The smallest absolute Gasteiger partial charge is 0.444 e. The Kier molecular flexibility index (Phi) is 5.85. The molecule has 0 heterocycles. The molecule has 2 aliphatic rings. The van der Waals surface area contributed by atoms with E-state index in [4.69, 9.17) is 4.74 Å². The number of hydrogen-bond donors (Lipinski definition) is 2. The molecule has 0 saturated heterocycles. The van der Waals surface area contributed by atoms with Crippen LogP contribution in [0.25, 0.3) is 0 Å². The van der Waals surface area contributed by atoms with Crippen molar-refractivity contribution in [1.82, 2.24) is 5.32 Å². The van der Waals surface area contributed by atoms with Crippen LogP contribution in [0.1, 0.15) is 27.2 Å². The first-order valence-electron chi connectivity index (χ1n) is 9.59. The molecule has 0 unspecified atom stereocenters. The Bertz CT molecular complexity index is 1010. The molecule has 0 radical (unpaired) electrons. The lowest BCUT2D eigenvalue weighted by atomic mass is 9.88. The Hall–Kier alpha value is -2.56. The first-order valence-corrected chi connectivity index (χ1v) is 11.1. The number of nitrogens with one attached hydrogen (secondary N) is 2. The molecule has 31 heavy (non-hydrogen) atoms. The molecule has 1 saturated carbocycles. The van der Waals surface area contributed by atoms with Gasteiger partial charge in [-0.3, -0.25) is 4.79 Å². The summed E-state index contributed by atoms with van der Waals surface area (Å²) in [6.07, 6.45) is 3.75. The summed E-state index contributed by atoms with van der Waals surface area (Å²) in [4.78, 5) is 24.2. The predicted molar refractivity (Wildman–Crippen MR) is 106 cm³/mol. The number of hydrogen-bond acceptors (Lipinski definition) is 5. The van der Waals surface area contributed by atoms with Gasteiger partial charge in [-0.05, 0) is 57.2 Å². The van der Waals surface area contributed by atoms with Crippen LogP contribution in [0.3, 0.4) is 0 Å². The summed E-state index contributed by atoms with van der Waals surface area (Å²) in [6.45, 7) is 5.12. The molecular formula is C20H23F3N2O5S. The summed E-state index contributed by atoms with van der Waals surface area (Å²) in [6, 6.07) is 3.44. The second-order valence-corrected chi connectivity index (χ2v) is 10.6. The first-order chi connectivity index (χ1) is 14.2. The summed E-state index contributed by atoms with van der Waals surface area (Å²) in [5.41, 5.74) is -6.26. The summed E-state index contributed by atoms with van der Waals surface area (Å²) in [7, 11) is -5.54. The molecule has 0 aromatic heterocycles. The number of carbonyl (C=O) groups is 2. The van der Waals surface area contributed by atoms with Crippen LogP contribution in [0.2, 0.25) is 0 Å². The van der Waals surface area contributed by atoms with E-state index in [2.05, 4.69) is 10.6 Å². The number of allylic oxidation sites excluding steroid dienone is 1. The van der Waals surface area contributed by atoms with Gasteiger partial charge in [-0.1, -0.05) is 18.2 Å². The third-order valence-corrected chi connectivity index (χ3v) is 6.65. The third-order valence-electron chi connectivity index (χ3n) is 5.16. The zero-order valence-corrected chi connectivity index (χ0v) is 17.9. The number of alkyl carbamates (subject to hydrolysis) is 1. The molecule has 1 aromatic rings. The Balaban J connectivity index is 1.77. The zero-order chi connectivity index (χ0) is 23.2. The number of amides is 2. The fourth-order valence-corrected chi connectivity index (χ4v) is 4.73. The van der Waals surface area contributed by atoms with Gasteiger partial charge in [0.25, 0.3) is 9.84 Å². The fourth-order valence-electron chi connectivity index (χ4n) is 3.92. The Morgan fingerprint density at radius 1 is 1.10 bits per heavy atom. The van der Waals surface area contributed by atoms with Crippen molar-refractivity contribution in [2.75, 3.05) is 5.32 Å². The quantitative estimate of drug-likeness (QED) is 0.668. The lowest BCUT2D eigenvalue weighted by Crippen LogP contribution is -2.48. The Labute approximate surface area is 177 Å². The number of halogens is 3. The number of anilines is 1. The number of carbonyl (C=O) groups excluding carboxylic acids is 2. The van der Waals surface area contributed by atoms with Gasteiger partial charge in [0.15, 0.2) is 0 Å². The minimum absolute atomic E-state index is 0.0785. The van der Waals surface area contributed by atoms with Crippen molar-refractivity contribution in [3.63, 3.8) is 0 Å². The van der Waals surface area contributed by atoms with Crippen molar-refractivity contribution in [3.05, 3.63) is 36.4 Å². The van der Waals surface area contributed by atoms with Gasteiger partial charge in [0, 0.05) is 5.69 Å². The molecular weight excluding hydrogens is 437 g/mol. The zero-order valence-electron chi connectivity index (χ0n) is 17.1. The van der Waals surface area contributed by atoms with Crippen LogP contribution in [0.15, 0.2) is 41.3 Å². The molecule has 2 N–H and O–H groups in total. The summed E-state index contributed by atoms with van der Waals surface area (Å²) < 4.78 is 67.0. The number of rotatable bonds is 4. The molecule has 2 amide bonds. The molecule has 11 heteroatoms. The molecule has 2 aliphatic carbocycles. The van der Waals surface area contributed by atoms with Crippen LogP contribution in [0, 0.1) is 17.8 Å². The maximum Gasteiger partial charge on any atom is 0.501 e.